The van der Waals surface area contributed by atoms with Crippen molar-refractivity contribution in [2.75, 3.05) is 19.8 Å². The van der Waals surface area contributed by atoms with Crippen LogP contribution in [0.2, 0.25) is 0 Å². The zero-order valence-electron chi connectivity index (χ0n) is 38.4. The monoisotopic (exact) mass is 799 g/mol. The number of hydrogen-bond donors (Lipinski definition) is 1. The summed E-state index contributed by atoms with van der Waals surface area (Å²) in [5, 5.41) is 9.65. The van der Waals surface area contributed by atoms with Crippen LogP contribution >= 0.6 is 0 Å². The SMILES string of the molecule is CCCCCCC/C=C\C/C=C\C/C=C\CCCCCCCCCCCOCC(CO)OC(=O)CCCCCCCCCCC/C=C\CCCCCCCCCC. The van der Waals surface area contributed by atoms with Gasteiger partial charge in [0, 0.05) is 13.0 Å². The lowest BCUT2D eigenvalue weighted by atomic mass is 10.1. The van der Waals surface area contributed by atoms with Gasteiger partial charge in [-0.1, -0.05) is 223 Å². The van der Waals surface area contributed by atoms with Crippen molar-refractivity contribution in [2.45, 2.75) is 264 Å². The van der Waals surface area contributed by atoms with Gasteiger partial charge in [0.25, 0.3) is 0 Å². The van der Waals surface area contributed by atoms with Gasteiger partial charge in [0.1, 0.15) is 6.10 Å². The van der Waals surface area contributed by atoms with Gasteiger partial charge in [-0.15, -0.1) is 0 Å². The number of unbranched alkanes of at least 4 members (excludes halogenated alkanes) is 31. The largest absolute Gasteiger partial charge is 0.457 e. The molecule has 0 saturated carbocycles. The molecule has 1 unspecified atom stereocenters. The summed E-state index contributed by atoms with van der Waals surface area (Å²) < 4.78 is 11.2. The van der Waals surface area contributed by atoms with Crippen molar-refractivity contribution in [3.05, 3.63) is 48.6 Å². The van der Waals surface area contributed by atoms with E-state index in [-0.39, 0.29) is 12.6 Å². The molecule has 0 bridgehead atoms. The van der Waals surface area contributed by atoms with E-state index in [2.05, 4.69) is 62.5 Å². The Morgan fingerprint density at radius 3 is 1.12 bits per heavy atom. The molecule has 0 saturated heterocycles. The van der Waals surface area contributed by atoms with E-state index in [0.29, 0.717) is 19.6 Å². The predicted octanol–water partition coefficient (Wildman–Crippen LogP) is 17.0. The van der Waals surface area contributed by atoms with Crippen molar-refractivity contribution in [1.82, 2.24) is 0 Å². The van der Waals surface area contributed by atoms with Gasteiger partial charge in [-0.3, -0.25) is 4.79 Å². The highest BCUT2D eigenvalue weighted by atomic mass is 16.6. The van der Waals surface area contributed by atoms with Gasteiger partial charge in [-0.05, 0) is 77.0 Å². The van der Waals surface area contributed by atoms with Gasteiger partial charge in [0.2, 0.25) is 0 Å². The van der Waals surface area contributed by atoms with Crippen molar-refractivity contribution in [2.24, 2.45) is 0 Å². The summed E-state index contributed by atoms with van der Waals surface area (Å²) in [4.78, 5) is 12.3. The van der Waals surface area contributed by atoms with Gasteiger partial charge in [0.05, 0.1) is 13.2 Å². The fraction of sp³-hybridized carbons (Fsp3) is 0.830. The molecule has 0 fully saturated rings. The van der Waals surface area contributed by atoms with Crippen LogP contribution in [0.25, 0.3) is 0 Å². The summed E-state index contributed by atoms with van der Waals surface area (Å²) in [6.45, 7) is 5.35. The molecule has 0 rings (SSSR count). The fourth-order valence-electron chi connectivity index (χ4n) is 7.33. The molecule has 0 radical (unpaired) electrons. The Bertz CT molecular complexity index is 889. The van der Waals surface area contributed by atoms with Crippen LogP contribution in [0, 0.1) is 0 Å². The summed E-state index contributed by atoms with van der Waals surface area (Å²) in [6, 6.07) is 0. The van der Waals surface area contributed by atoms with Crippen LogP contribution in [0.1, 0.15) is 258 Å². The predicted molar refractivity (Wildman–Crippen MR) is 251 cm³/mol. The minimum absolute atomic E-state index is 0.174. The van der Waals surface area contributed by atoms with Crippen LogP contribution < -0.4 is 0 Å². The summed E-state index contributed by atoms with van der Waals surface area (Å²) in [5.41, 5.74) is 0. The third-order valence-electron chi connectivity index (χ3n) is 11.1. The minimum atomic E-state index is -0.540. The second-order valence-electron chi connectivity index (χ2n) is 16.9. The zero-order valence-corrected chi connectivity index (χ0v) is 38.4. The highest BCUT2D eigenvalue weighted by Crippen LogP contribution is 2.15. The van der Waals surface area contributed by atoms with E-state index in [1.165, 1.54) is 205 Å². The van der Waals surface area contributed by atoms with E-state index < -0.39 is 6.10 Å². The Morgan fingerprint density at radius 1 is 0.421 bits per heavy atom. The highest BCUT2D eigenvalue weighted by molar-refractivity contribution is 5.69. The number of carbonyl (C=O) groups is 1. The van der Waals surface area contributed by atoms with Crippen molar-refractivity contribution in [1.29, 1.82) is 0 Å². The number of aliphatic hydroxyl groups is 1. The zero-order chi connectivity index (χ0) is 41.2. The van der Waals surface area contributed by atoms with Crippen LogP contribution in [0.3, 0.4) is 0 Å². The second kappa shape index (κ2) is 50.5. The molecular weight excluding hydrogens is 701 g/mol. The summed E-state index contributed by atoms with van der Waals surface area (Å²) >= 11 is 0. The van der Waals surface area contributed by atoms with Crippen LogP contribution in [0.5, 0.6) is 0 Å². The molecule has 0 aromatic carbocycles. The Labute approximate surface area is 356 Å². The molecule has 334 valence electrons. The number of esters is 1. The van der Waals surface area contributed by atoms with Gasteiger partial charge in [-0.25, -0.2) is 0 Å². The van der Waals surface area contributed by atoms with E-state index in [1.807, 2.05) is 0 Å². The Hall–Kier alpha value is -1.65. The normalized spacial score (nSPS) is 12.7. The molecule has 0 aromatic heterocycles. The number of allylic oxidation sites excluding steroid dienone is 8. The molecule has 4 nitrogen and oxygen atoms in total. The lowest BCUT2D eigenvalue weighted by Gasteiger charge is -2.16. The van der Waals surface area contributed by atoms with Gasteiger partial charge >= 0.3 is 5.97 Å². The fourth-order valence-corrected chi connectivity index (χ4v) is 7.33. The molecule has 4 heteroatoms. The summed E-state index contributed by atoms with van der Waals surface area (Å²) in [6.07, 6.45) is 66.2. The Morgan fingerprint density at radius 2 is 0.737 bits per heavy atom. The average Bonchev–Trinajstić information content (AvgIpc) is 3.22. The van der Waals surface area contributed by atoms with Gasteiger partial charge in [-0.2, -0.15) is 0 Å². The van der Waals surface area contributed by atoms with Crippen molar-refractivity contribution >= 4 is 5.97 Å². The molecule has 57 heavy (non-hydrogen) atoms. The lowest BCUT2D eigenvalue weighted by Crippen LogP contribution is -2.27. The Kier molecular flexibility index (Phi) is 49.0. The summed E-state index contributed by atoms with van der Waals surface area (Å²) in [7, 11) is 0. The Balaban J connectivity index is 3.42. The van der Waals surface area contributed by atoms with E-state index in [1.54, 1.807) is 0 Å². The van der Waals surface area contributed by atoms with Crippen molar-refractivity contribution < 1.29 is 19.4 Å². The first kappa shape index (κ1) is 55.4. The minimum Gasteiger partial charge on any atom is -0.457 e. The van der Waals surface area contributed by atoms with E-state index in [4.69, 9.17) is 9.47 Å². The maximum Gasteiger partial charge on any atom is 0.306 e. The van der Waals surface area contributed by atoms with Crippen molar-refractivity contribution in [3.63, 3.8) is 0 Å². The molecule has 1 N–H and O–H groups in total. The number of ether oxygens (including phenoxy) is 2. The second-order valence-corrected chi connectivity index (χ2v) is 16.9. The maximum absolute atomic E-state index is 12.3. The molecule has 0 heterocycles. The quantitative estimate of drug-likeness (QED) is 0.0378. The van der Waals surface area contributed by atoms with Crippen LogP contribution in [-0.2, 0) is 14.3 Å². The smallest absolute Gasteiger partial charge is 0.306 e. The molecule has 1 atom stereocenters. The third kappa shape index (κ3) is 48.6. The third-order valence-corrected chi connectivity index (χ3v) is 11.1. The first-order chi connectivity index (χ1) is 28.2. The average molecular weight is 799 g/mol. The molecule has 0 aliphatic heterocycles. The van der Waals surface area contributed by atoms with Crippen LogP contribution in [0.4, 0.5) is 0 Å². The molecule has 0 aliphatic rings. The summed E-state index contributed by atoms with van der Waals surface area (Å²) in [5.74, 6) is -0.203. The number of aliphatic hydroxyl groups excluding tert-OH is 1. The molecule has 0 amide bonds. The van der Waals surface area contributed by atoms with Crippen molar-refractivity contribution in [3.8, 4) is 0 Å². The molecule has 0 aromatic rings. The van der Waals surface area contributed by atoms with E-state index in [9.17, 15) is 9.90 Å². The number of carbonyl (C=O) groups excluding carboxylic acids is 1. The van der Waals surface area contributed by atoms with Gasteiger partial charge in [0.15, 0.2) is 0 Å². The molecular formula is C53H98O4. The molecule has 0 aliphatic carbocycles. The molecule has 0 spiro atoms. The number of hydrogen-bond acceptors (Lipinski definition) is 4. The standard InChI is InChI=1S/C53H98O4/c1-3-5-7-9-11-13-15-17-19-21-23-25-26-27-29-31-33-35-37-39-41-43-45-47-49-56-51-52(50-54)57-53(55)48-46-44-42-40-38-36-34-32-30-28-24-22-20-18-16-14-12-10-8-6-4-2/h15,17,21-24,26-27,52,54H,3-14,16,18-20,25,28-51H2,1-2H3/b17-15-,23-21-,24-22-,27-26-. The first-order valence-electron chi connectivity index (χ1n) is 25.2. The first-order valence-corrected chi connectivity index (χ1v) is 25.2. The van der Waals surface area contributed by atoms with Crippen LogP contribution in [-0.4, -0.2) is 37.0 Å². The van der Waals surface area contributed by atoms with Crippen LogP contribution in [0.15, 0.2) is 48.6 Å². The maximum atomic E-state index is 12.3. The topological polar surface area (TPSA) is 55.8 Å². The van der Waals surface area contributed by atoms with Gasteiger partial charge < -0.3 is 14.6 Å². The van der Waals surface area contributed by atoms with E-state index >= 15 is 0 Å². The number of rotatable bonds is 47. The van der Waals surface area contributed by atoms with E-state index in [0.717, 1.165) is 32.1 Å². The lowest BCUT2D eigenvalue weighted by molar-refractivity contribution is -0.154. The highest BCUT2D eigenvalue weighted by Gasteiger charge is 2.13.